The van der Waals surface area contributed by atoms with Gasteiger partial charge in [0.05, 0.1) is 6.07 Å². The summed E-state index contributed by atoms with van der Waals surface area (Å²) < 4.78 is 0. The zero-order valence-electron chi connectivity index (χ0n) is 10.3. The fourth-order valence-corrected chi connectivity index (χ4v) is 1.72. The molecule has 90 valence electrons. The van der Waals surface area contributed by atoms with Crippen LogP contribution >= 0.6 is 0 Å². The Hall–Kier alpha value is -2.41. The lowest BCUT2D eigenvalue weighted by Crippen LogP contribution is -2.34. The molecule has 1 aromatic heterocycles. The van der Waals surface area contributed by atoms with Gasteiger partial charge in [-0.25, -0.2) is 0 Å². The third kappa shape index (κ3) is 2.03. The highest BCUT2D eigenvalue weighted by Crippen LogP contribution is 2.18. The Morgan fingerprint density at radius 1 is 1.39 bits per heavy atom. The Kier molecular flexibility index (Phi) is 3.24. The zero-order chi connectivity index (χ0) is 13.1. The van der Waals surface area contributed by atoms with Crippen LogP contribution in [0.2, 0.25) is 0 Å². The van der Waals surface area contributed by atoms with Gasteiger partial charge in [0.15, 0.2) is 0 Å². The second kappa shape index (κ2) is 4.84. The van der Waals surface area contributed by atoms with Crippen molar-refractivity contribution in [1.82, 2.24) is 9.88 Å². The molecule has 4 nitrogen and oxygen atoms in total. The highest BCUT2D eigenvalue weighted by Gasteiger charge is 2.19. The van der Waals surface area contributed by atoms with Gasteiger partial charge >= 0.3 is 0 Å². The average Bonchev–Trinajstić information content (AvgIpc) is 2.44. The minimum absolute atomic E-state index is 0.235. The highest BCUT2D eigenvalue weighted by molar-refractivity contribution is 6.05. The molecule has 0 spiro atoms. The summed E-state index contributed by atoms with van der Waals surface area (Å²) in [4.78, 5) is 17.8. The lowest BCUT2D eigenvalue weighted by Gasteiger charge is -2.19. The fourth-order valence-electron chi connectivity index (χ4n) is 1.72. The van der Waals surface area contributed by atoms with Crippen molar-refractivity contribution in [3.8, 4) is 6.07 Å². The molecule has 0 aliphatic heterocycles. The first-order valence-electron chi connectivity index (χ1n) is 5.65. The first-order valence-corrected chi connectivity index (χ1v) is 5.65. The standard InChI is InChI=1S/C14H13N3O/c1-10(9-15)17(2)14(18)13-12-6-4-3-5-11(12)7-8-16-13/h3-8,10H,1-2H3. The molecule has 0 radical (unpaired) electrons. The number of benzene rings is 1. The van der Waals surface area contributed by atoms with Crippen molar-refractivity contribution >= 4 is 16.7 Å². The molecule has 18 heavy (non-hydrogen) atoms. The molecule has 0 aliphatic rings. The average molecular weight is 239 g/mol. The number of pyridine rings is 1. The van der Waals surface area contributed by atoms with E-state index in [9.17, 15) is 4.79 Å². The number of hydrogen-bond acceptors (Lipinski definition) is 3. The van der Waals surface area contributed by atoms with Crippen molar-refractivity contribution in [3.63, 3.8) is 0 Å². The molecule has 2 aromatic rings. The second-order valence-corrected chi connectivity index (χ2v) is 4.10. The molecular weight excluding hydrogens is 226 g/mol. The summed E-state index contributed by atoms with van der Waals surface area (Å²) >= 11 is 0. The maximum Gasteiger partial charge on any atom is 0.273 e. The zero-order valence-corrected chi connectivity index (χ0v) is 10.3. The Morgan fingerprint density at radius 2 is 2.11 bits per heavy atom. The van der Waals surface area contributed by atoms with Crippen molar-refractivity contribution in [2.24, 2.45) is 0 Å². The third-order valence-electron chi connectivity index (χ3n) is 2.96. The van der Waals surface area contributed by atoms with Crippen LogP contribution in [0, 0.1) is 11.3 Å². The van der Waals surface area contributed by atoms with Crippen LogP contribution in [0.1, 0.15) is 17.4 Å². The van der Waals surface area contributed by atoms with E-state index in [0.29, 0.717) is 5.69 Å². The van der Waals surface area contributed by atoms with E-state index in [4.69, 9.17) is 5.26 Å². The summed E-state index contributed by atoms with van der Waals surface area (Å²) in [5.41, 5.74) is 0.387. The molecule has 0 bridgehead atoms. The van der Waals surface area contributed by atoms with Crippen molar-refractivity contribution in [2.75, 3.05) is 7.05 Å². The maximum atomic E-state index is 12.3. The first-order chi connectivity index (χ1) is 8.65. The van der Waals surface area contributed by atoms with E-state index in [-0.39, 0.29) is 5.91 Å². The molecule has 0 N–H and O–H groups in total. The van der Waals surface area contributed by atoms with E-state index in [0.717, 1.165) is 10.8 Å². The molecule has 0 saturated carbocycles. The Labute approximate surface area is 105 Å². The normalized spacial score (nSPS) is 11.8. The van der Waals surface area contributed by atoms with Gasteiger partial charge in [-0.15, -0.1) is 0 Å². The Balaban J connectivity index is 2.49. The van der Waals surface area contributed by atoms with Gasteiger partial charge < -0.3 is 4.90 Å². The van der Waals surface area contributed by atoms with Crippen LogP contribution in [0.4, 0.5) is 0 Å². The number of carbonyl (C=O) groups is 1. The summed E-state index contributed by atoms with van der Waals surface area (Å²) in [5, 5.41) is 10.6. The van der Waals surface area contributed by atoms with Gasteiger partial charge in [-0.1, -0.05) is 24.3 Å². The first kappa shape index (κ1) is 12.1. The molecule has 1 unspecified atom stereocenters. The van der Waals surface area contributed by atoms with Crippen LogP contribution in [0.3, 0.4) is 0 Å². The number of hydrogen-bond donors (Lipinski definition) is 0. The summed E-state index contributed by atoms with van der Waals surface area (Å²) in [6.45, 7) is 1.68. The second-order valence-electron chi connectivity index (χ2n) is 4.10. The van der Waals surface area contributed by atoms with E-state index in [1.54, 1.807) is 20.2 Å². The number of rotatable bonds is 2. The number of aromatic nitrogens is 1. The van der Waals surface area contributed by atoms with Crippen molar-refractivity contribution in [3.05, 3.63) is 42.2 Å². The van der Waals surface area contributed by atoms with E-state index in [1.165, 1.54) is 4.90 Å². The van der Waals surface area contributed by atoms with Gasteiger partial charge in [0.1, 0.15) is 11.7 Å². The van der Waals surface area contributed by atoms with E-state index < -0.39 is 6.04 Å². The highest BCUT2D eigenvalue weighted by atomic mass is 16.2. The Bertz CT molecular complexity index is 625. The largest absolute Gasteiger partial charge is 0.325 e. The SMILES string of the molecule is CC(C#N)N(C)C(=O)c1nccc2ccccc12. The molecule has 0 fully saturated rings. The van der Waals surface area contributed by atoms with E-state index in [1.807, 2.05) is 36.4 Å². The summed E-state index contributed by atoms with van der Waals surface area (Å²) in [6, 6.07) is 11.0. The number of nitrogens with zero attached hydrogens (tertiary/aromatic N) is 3. The summed E-state index contributed by atoms with van der Waals surface area (Å²) in [7, 11) is 1.61. The molecule has 1 heterocycles. The molecule has 1 aromatic carbocycles. The lowest BCUT2D eigenvalue weighted by molar-refractivity contribution is 0.0769. The van der Waals surface area contributed by atoms with Gasteiger partial charge in [0, 0.05) is 18.6 Å². The van der Waals surface area contributed by atoms with Crippen LogP contribution < -0.4 is 0 Å². The van der Waals surface area contributed by atoms with Gasteiger partial charge in [-0.3, -0.25) is 9.78 Å². The molecule has 1 atom stereocenters. The van der Waals surface area contributed by atoms with Crippen molar-refractivity contribution in [1.29, 1.82) is 5.26 Å². The lowest BCUT2D eigenvalue weighted by atomic mass is 10.1. The number of fused-ring (bicyclic) bond motifs is 1. The van der Waals surface area contributed by atoms with Crippen LogP contribution in [0.5, 0.6) is 0 Å². The van der Waals surface area contributed by atoms with E-state index >= 15 is 0 Å². The monoisotopic (exact) mass is 239 g/mol. The Morgan fingerprint density at radius 3 is 2.83 bits per heavy atom. The minimum Gasteiger partial charge on any atom is -0.325 e. The molecule has 0 aliphatic carbocycles. The van der Waals surface area contributed by atoms with Crippen LogP contribution in [-0.4, -0.2) is 28.9 Å². The summed E-state index contributed by atoms with van der Waals surface area (Å²) in [5.74, 6) is -0.235. The van der Waals surface area contributed by atoms with Crippen LogP contribution in [-0.2, 0) is 0 Å². The topological polar surface area (TPSA) is 57.0 Å². The molecule has 1 amide bonds. The smallest absolute Gasteiger partial charge is 0.273 e. The maximum absolute atomic E-state index is 12.3. The molecular formula is C14H13N3O. The van der Waals surface area contributed by atoms with Crippen LogP contribution in [0.15, 0.2) is 36.5 Å². The third-order valence-corrected chi connectivity index (χ3v) is 2.96. The molecule has 4 heteroatoms. The van der Waals surface area contributed by atoms with Gasteiger partial charge in [-0.2, -0.15) is 5.26 Å². The predicted molar refractivity (Wildman–Crippen MR) is 68.9 cm³/mol. The van der Waals surface area contributed by atoms with Gasteiger partial charge in [0.2, 0.25) is 0 Å². The van der Waals surface area contributed by atoms with Crippen molar-refractivity contribution < 1.29 is 4.79 Å². The van der Waals surface area contributed by atoms with Gasteiger partial charge in [0.25, 0.3) is 5.91 Å². The summed E-state index contributed by atoms with van der Waals surface area (Å²) in [6.07, 6.45) is 1.61. The fraction of sp³-hybridized carbons (Fsp3) is 0.214. The quantitative estimate of drug-likeness (QED) is 0.807. The minimum atomic E-state index is -0.474. The van der Waals surface area contributed by atoms with Gasteiger partial charge in [-0.05, 0) is 18.4 Å². The number of amides is 1. The molecule has 2 rings (SSSR count). The number of carbonyl (C=O) groups excluding carboxylic acids is 1. The van der Waals surface area contributed by atoms with Crippen molar-refractivity contribution in [2.45, 2.75) is 13.0 Å². The molecule has 0 saturated heterocycles. The number of nitriles is 1. The van der Waals surface area contributed by atoms with Crippen LogP contribution in [0.25, 0.3) is 10.8 Å². The van der Waals surface area contributed by atoms with E-state index in [2.05, 4.69) is 4.98 Å². The predicted octanol–water partition coefficient (Wildman–Crippen LogP) is 2.22.